The molecule has 1 aromatic heterocycles. The first-order valence-electron chi connectivity index (χ1n) is 7.78. The van der Waals surface area contributed by atoms with E-state index in [1.807, 2.05) is 13.8 Å². The number of aromatic nitrogens is 2. The summed E-state index contributed by atoms with van der Waals surface area (Å²) in [7, 11) is 1.27. The van der Waals surface area contributed by atoms with Crippen LogP contribution in [0.3, 0.4) is 0 Å². The number of ether oxygens (including phenoxy) is 2. The Labute approximate surface area is 160 Å². The zero-order chi connectivity index (χ0) is 19.4. The van der Waals surface area contributed by atoms with Crippen LogP contribution < -0.4 is 4.74 Å². The van der Waals surface area contributed by atoms with Gasteiger partial charge in [0.05, 0.1) is 13.2 Å². The molecular formula is C17H18Cl2N2O5. The number of benzene rings is 1. The molecule has 1 heterocycles. The zero-order valence-corrected chi connectivity index (χ0v) is 16.0. The molecule has 0 saturated carbocycles. The van der Waals surface area contributed by atoms with Crippen LogP contribution >= 0.6 is 23.2 Å². The van der Waals surface area contributed by atoms with Crippen molar-refractivity contribution in [1.29, 1.82) is 0 Å². The monoisotopic (exact) mass is 400 g/mol. The minimum absolute atomic E-state index is 0.00672. The van der Waals surface area contributed by atoms with Crippen LogP contribution in [0.4, 0.5) is 0 Å². The third-order valence-corrected chi connectivity index (χ3v) is 3.95. The summed E-state index contributed by atoms with van der Waals surface area (Å²) in [6.07, 6.45) is 0.0951. The molecule has 0 fully saturated rings. The molecule has 0 radical (unpaired) electrons. The minimum atomic E-state index is -1.21. The topological polar surface area (TPSA) is 90.7 Å². The highest BCUT2D eigenvalue weighted by atomic mass is 35.5. The van der Waals surface area contributed by atoms with Gasteiger partial charge in [0.2, 0.25) is 5.88 Å². The number of hydrogen-bond donors (Lipinski definition) is 1. The van der Waals surface area contributed by atoms with Crippen LogP contribution in [0.1, 0.15) is 42.4 Å². The van der Waals surface area contributed by atoms with Crippen LogP contribution in [-0.2, 0) is 16.0 Å². The van der Waals surface area contributed by atoms with Gasteiger partial charge in [-0.2, -0.15) is 5.10 Å². The maximum atomic E-state index is 11.6. The van der Waals surface area contributed by atoms with E-state index in [0.717, 1.165) is 0 Å². The Balaban J connectivity index is 2.52. The molecule has 1 N–H and O–H groups in total. The molecule has 0 amide bonds. The molecule has 0 atom stereocenters. The van der Waals surface area contributed by atoms with Gasteiger partial charge in [-0.1, -0.05) is 23.2 Å². The van der Waals surface area contributed by atoms with Crippen LogP contribution in [0.15, 0.2) is 18.2 Å². The Kier molecular flexibility index (Phi) is 6.50. The maximum absolute atomic E-state index is 11.6. The number of carboxylic acid groups (broad SMARTS) is 1. The van der Waals surface area contributed by atoms with Crippen molar-refractivity contribution in [2.75, 3.05) is 7.11 Å². The number of hydrogen-bond acceptors (Lipinski definition) is 5. The summed E-state index contributed by atoms with van der Waals surface area (Å²) in [5.41, 5.74) is 0.124. The molecule has 2 aromatic rings. The lowest BCUT2D eigenvalue weighted by atomic mass is 10.1. The van der Waals surface area contributed by atoms with Crippen molar-refractivity contribution in [3.63, 3.8) is 0 Å². The van der Waals surface area contributed by atoms with Gasteiger partial charge in [0.25, 0.3) is 0 Å². The SMILES string of the molecule is COC(=O)CCc1c(C(=O)O)nn(C(C)C)c1Oc1cc(Cl)cc(Cl)c1. The van der Waals surface area contributed by atoms with Crippen molar-refractivity contribution in [2.45, 2.75) is 32.7 Å². The summed E-state index contributed by atoms with van der Waals surface area (Å²) in [6, 6.07) is 4.48. The molecule has 0 aliphatic carbocycles. The van der Waals surface area contributed by atoms with Gasteiger partial charge in [0.1, 0.15) is 5.75 Å². The quantitative estimate of drug-likeness (QED) is 0.693. The fraction of sp³-hybridized carbons (Fsp3) is 0.353. The smallest absolute Gasteiger partial charge is 0.356 e. The highest BCUT2D eigenvalue weighted by molar-refractivity contribution is 6.34. The largest absolute Gasteiger partial charge is 0.476 e. The number of nitrogens with zero attached hydrogens (tertiary/aromatic N) is 2. The molecule has 26 heavy (non-hydrogen) atoms. The van der Waals surface area contributed by atoms with Crippen LogP contribution in [-0.4, -0.2) is 33.9 Å². The van der Waals surface area contributed by atoms with Crippen LogP contribution in [0.5, 0.6) is 11.6 Å². The predicted octanol–water partition coefficient (Wildman–Crippen LogP) is 4.37. The van der Waals surface area contributed by atoms with Gasteiger partial charge in [-0.25, -0.2) is 9.48 Å². The van der Waals surface area contributed by atoms with E-state index in [1.54, 1.807) is 18.2 Å². The molecule has 0 aliphatic rings. The minimum Gasteiger partial charge on any atom is -0.476 e. The van der Waals surface area contributed by atoms with Crippen LogP contribution in [0.25, 0.3) is 0 Å². The third-order valence-electron chi connectivity index (χ3n) is 3.51. The Morgan fingerprint density at radius 1 is 1.23 bits per heavy atom. The summed E-state index contributed by atoms with van der Waals surface area (Å²) in [5, 5.41) is 14.3. The normalized spacial score (nSPS) is 10.8. The molecule has 0 bridgehead atoms. The second kappa shape index (κ2) is 8.42. The zero-order valence-electron chi connectivity index (χ0n) is 14.5. The van der Waals surface area contributed by atoms with E-state index in [9.17, 15) is 14.7 Å². The fourth-order valence-electron chi connectivity index (χ4n) is 2.34. The van der Waals surface area contributed by atoms with Crippen LogP contribution in [0, 0.1) is 0 Å². The molecule has 2 rings (SSSR count). The van der Waals surface area contributed by atoms with Gasteiger partial charge in [0, 0.05) is 22.0 Å². The second-order valence-corrected chi connectivity index (χ2v) is 6.63. The summed E-state index contributed by atoms with van der Waals surface area (Å²) in [4.78, 5) is 23.1. The first kappa shape index (κ1) is 20.1. The van der Waals surface area contributed by atoms with Gasteiger partial charge < -0.3 is 14.6 Å². The number of rotatable bonds is 7. The summed E-state index contributed by atoms with van der Waals surface area (Å²) >= 11 is 12.0. The standard InChI is InChI=1S/C17H18Cl2N2O5/c1-9(2)21-16(26-12-7-10(18)6-11(19)8-12)13(4-5-14(22)25-3)15(20-21)17(23)24/h6-9H,4-5H2,1-3H3,(H,23,24). The molecule has 7 nitrogen and oxygen atoms in total. The van der Waals surface area contributed by atoms with Crippen molar-refractivity contribution in [2.24, 2.45) is 0 Å². The van der Waals surface area contributed by atoms with E-state index >= 15 is 0 Å². The Morgan fingerprint density at radius 3 is 2.35 bits per heavy atom. The lowest BCUT2D eigenvalue weighted by Gasteiger charge is -2.14. The maximum Gasteiger partial charge on any atom is 0.356 e. The average Bonchev–Trinajstić information content (AvgIpc) is 2.90. The van der Waals surface area contributed by atoms with Gasteiger partial charge >= 0.3 is 11.9 Å². The molecule has 0 spiro atoms. The number of aromatic carboxylic acids is 1. The van der Waals surface area contributed by atoms with E-state index in [2.05, 4.69) is 9.84 Å². The lowest BCUT2D eigenvalue weighted by molar-refractivity contribution is -0.140. The van der Waals surface area contributed by atoms with E-state index < -0.39 is 11.9 Å². The van der Waals surface area contributed by atoms with Gasteiger partial charge in [-0.05, 0) is 38.5 Å². The highest BCUT2D eigenvalue weighted by Crippen LogP contribution is 2.34. The van der Waals surface area contributed by atoms with Gasteiger partial charge in [0.15, 0.2) is 5.69 Å². The van der Waals surface area contributed by atoms with Crippen molar-refractivity contribution >= 4 is 35.1 Å². The number of methoxy groups -OCH3 is 1. The molecule has 1 aromatic carbocycles. The van der Waals surface area contributed by atoms with Gasteiger partial charge in [-0.3, -0.25) is 4.79 Å². The van der Waals surface area contributed by atoms with E-state index in [1.165, 1.54) is 11.8 Å². The number of carboxylic acids is 1. The molecule has 9 heteroatoms. The molecular weight excluding hydrogens is 383 g/mol. The fourth-order valence-corrected chi connectivity index (χ4v) is 2.84. The van der Waals surface area contributed by atoms with E-state index in [-0.39, 0.29) is 30.5 Å². The van der Waals surface area contributed by atoms with Crippen molar-refractivity contribution in [3.8, 4) is 11.6 Å². The number of carbonyl (C=O) groups excluding carboxylic acids is 1. The Hall–Kier alpha value is -2.25. The molecule has 0 saturated heterocycles. The number of carbonyl (C=O) groups is 2. The number of halogens is 2. The first-order valence-corrected chi connectivity index (χ1v) is 8.54. The lowest BCUT2D eigenvalue weighted by Crippen LogP contribution is -2.06. The third kappa shape index (κ3) is 4.68. The molecule has 0 aliphatic heterocycles. The summed E-state index contributed by atoms with van der Waals surface area (Å²) < 4.78 is 12.0. The summed E-state index contributed by atoms with van der Waals surface area (Å²) in [5.74, 6) is -1.12. The molecule has 0 unspecified atom stereocenters. The average molecular weight is 401 g/mol. The highest BCUT2D eigenvalue weighted by Gasteiger charge is 2.26. The van der Waals surface area contributed by atoms with Crippen LogP contribution in [0.2, 0.25) is 10.0 Å². The van der Waals surface area contributed by atoms with E-state index in [0.29, 0.717) is 21.4 Å². The van der Waals surface area contributed by atoms with Crippen molar-refractivity contribution in [3.05, 3.63) is 39.5 Å². The second-order valence-electron chi connectivity index (χ2n) is 5.76. The Bertz CT molecular complexity index is 813. The molecule has 140 valence electrons. The predicted molar refractivity (Wildman–Crippen MR) is 96.4 cm³/mol. The first-order chi connectivity index (χ1) is 12.2. The summed E-state index contributed by atoms with van der Waals surface area (Å²) in [6.45, 7) is 3.67. The van der Waals surface area contributed by atoms with Gasteiger partial charge in [-0.15, -0.1) is 0 Å². The number of esters is 1. The van der Waals surface area contributed by atoms with Crippen molar-refractivity contribution < 1.29 is 24.2 Å². The van der Waals surface area contributed by atoms with Crippen molar-refractivity contribution in [1.82, 2.24) is 9.78 Å². The van der Waals surface area contributed by atoms with E-state index in [4.69, 9.17) is 27.9 Å². The Morgan fingerprint density at radius 2 is 1.85 bits per heavy atom.